The summed E-state index contributed by atoms with van der Waals surface area (Å²) in [5.41, 5.74) is 0. The van der Waals surface area contributed by atoms with Crippen molar-refractivity contribution < 1.29 is 14.4 Å². The summed E-state index contributed by atoms with van der Waals surface area (Å²) in [6, 6.07) is 0.185. The smallest absolute Gasteiger partial charge is 0.317 e. The Hall–Kier alpha value is -1.79. The molecule has 7 heteroatoms. The van der Waals surface area contributed by atoms with Gasteiger partial charge in [-0.25, -0.2) is 4.79 Å². The first-order valence-corrected chi connectivity index (χ1v) is 8.64. The Balaban J connectivity index is 1.63. The molecule has 0 spiro atoms. The topological polar surface area (TPSA) is 90.5 Å². The van der Waals surface area contributed by atoms with Gasteiger partial charge in [-0.2, -0.15) is 0 Å². The molecule has 1 aliphatic carbocycles. The van der Waals surface area contributed by atoms with Gasteiger partial charge in [0.2, 0.25) is 11.8 Å². The third-order valence-electron chi connectivity index (χ3n) is 4.46. The molecule has 1 atom stereocenters. The SMILES string of the molecule is CC(=O)NC1CCCN(C(=O)NCCC(=O)NC2CCCC2)C1. The zero-order valence-electron chi connectivity index (χ0n) is 13.9. The zero-order chi connectivity index (χ0) is 16.7. The van der Waals surface area contributed by atoms with Gasteiger partial charge in [-0.15, -0.1) is 0 Å². The van der Waals surface area contributed by atoms with Crippen LogP contribution in [0.4, 0.5) is 4.79 Å². The third-order valence-corrected chi connectivity index (χ3v) is 4.46. The van der Waals surface area contributed by atoms with Crippen molar-refractivity contribution in [3.8, 4) is 0 Å². The highest BCUT2D eigenvalue weighted by Gasteiger charge is 2.24. The van der Waals surface area contributed by atoms with E-state index in [9.17, 15) is 14.4 Å². The van der Waals surface area contributed by atoms with Gasteiger partial charge in [-0.05, 0) is 25.7 Å². The lowest BCUT2D eigenvalue weighted by Gasteiger charge is -2.33. The predicted octanol–water partition coefficient (Wildman–Crippen LogP) is 0.745. The van der Waals surface area contributed by atoms with E-state index in [0.717, 1.165) is 25.7 Å². The molecule has 130 valence electrons. The monoisotopic (exact) mass is 324 g/mol. The molecular weight excluding hydrogens is 296 g/mol. The van der Waals surface area contributed by atoms with Crippen LogP contribution < -0.4 is 16.0 Å². The average Bonchev–Trinajstić information content (AvgIpc) is 2.99. The van der Waals surface area contributed by atoms with Crippen molar-refractivity contribution >= 4 is 17.8 Å². The number of nitrogens with zero attached hydrogens (tertiary/aromatic N) is 1. The highest BCUT2D eigenvalue weighted by molar-refractivity contribution is 5.78. The number of hydrogen-bond donors (Lipinski definition) is 3. The standard InChI is InChI=1S/C16H28N4O3/c1-12(21)18-14-7-4-10-20(11-14)16(23)17-9-8-15(22)19-13-5-2-3-6-13/h13-14H,2-11H2,1H3,(H,17,23)(H,18,21)(H,19,22). The average molecular weight is 324 g/mol. The number of hydrogen-bond acceptors (Lipinski definition) is 3. The summed E-state index contributed by atoms with van der Waals surface area (Å²) in [4.78, 5) is 36.7. The molecule has 0 aromatic rings. The van der Waals surface area contributed by atoms with E-state index in [2.05, 4.69) is 16.0 Å². The van der Waals surface area contributed by atoms with Crippen LogP contribution in [-0.2, 0) is 9.59 Å². The molecule has 1 aliphatic heterocycles. The van der Waals surface area contributed by atoms with Crippen molar-refractivity contribution in [2.24, 2.45) is 0 Å². The van der Waals surface area contributed by atoms with Crippen LogP contribution in [0, 0.1) is 0 Å². The van der Waals surface area contributed by atoms with Crippen LogP contribution in [0.3, 0.4) is 0 Å². The van der Waals surface area contributed by atoms with Crippen LogP contribution in [0.25, 0.3) is 0 Å². The van der Waals surface area contributed by atoms with Crippen molar-refractivity contribution in [3.05, 3.63) is 0 Å². The van der Waals surface area contributed by atoms with Gasteiger partial charge in [0.1, 0.15) is 0 Å². The molecule has 4 amide bonds. The Morgan fingerprint density at radius 2 is 1.70 bits per heavy atom. The van der Waals surface area contributed by atoms with Crippen LogP contribution in [0.15, 0.2) is 0 Å². The number of carbonyl (C=O) groups excluding carboxylic acids is 3. The van der Waals surface area contributed by atoms with Crippen molar-refractivity contribution in [1.29, 1.82) is 0 Å². The summed E-state index contributed by atoms with van der Waals surface area (Å²) in [6.45, 7) is 3.05. The predicted molar refractivity (Wildman–Crippen MR) is 86.8 cm³/mol. The lowest BCUT2D eigenvalue weighted by atomic mass is 10.1. The van der Waals surface area contributed by atoms with Crippen LogP contribution in [0.2, 0.25) is 0 Å². The minimum Gasteiger partial charge on any atom is -0.353 e. The van der Waals surface area contributed by atoms with E-state index in [-0.39, 0.29) is 23.9 Å². The highest BCUT2D eigenvalue weighted by atomic mass is 16.2. The quantitative estimate of drug-likeness (QED) is 0.697. The van der Waals surface area contributed by atoms with Crippen molar-refractivity contribution in [3.63, 3.8) is 0 Å². The summed E-state index contributed by atoms with van der Waals surface area (Å²) in [5, 5.41) is 8.66. The molecule has 2 fully saturated rings. The number of rotatable bonds is 5. The largest absolute Gasteiger partial charge is 0.353 e. The molecule has 0 radical (unpaired) electrons. The minimum absolute atomic E-state index is 0.00645. The summed E-state index contributed by atoms with van der Waals surface area (Å²) in [6.07, 6.45) is 6.59. The van der Waals surface area contributed by atoms with E-state index >= 15 is 0 Å². The van der Waals surface area contributed by atoms with E-state index in [4.69, 9.17) is 0 Å². The normalized spacial score (nSPS) is 21.8. The first-order chi connectivity index (χ1) is 11.0. The molecule has 0 aromatic carbocycles. The first-order valence-electron chi connectivity index (χ1n) is 8.64. The fourth-order valence-electron chi connectivity index (χ4n) is 3.33. The fraction of sp³-hybridized carbons (Fsp3) is 0.812. The Bertz CT molecular complexity index is 435. The van der Waals surface area contributed by atoms with E-state index in [1.165, 1.54) is 19.8 Å². The van der Waals surface area contributed by atoms with Gasteiger partial charge in [-0.1, -0.05) is 12.8 Å². The number of nitrogens with one attached hydrogen (secondary N) is 3. The van der Waals surface area contributed by atoms with Crippen molar-refractivity contribution in [2.45, 2.75) is 64.0 Å². The van der Waals surface area contributed by atoms with Gasteiger partial charge in [0.05, 0.1) is 0 Å². The Morgan fingerprint density at radius 1 is 1.00 bits per heavy atom. The second-order valence-electron chi connectivity index (χ2n) is 6.52. The molecule has 0 aromatic heterocycles. The Morgan fingerprint density at radius 3 is 2.39 bits per heavy atom. The number of urea groups is 1. The van der Waals surface area contributed by atoms with Crippen molar-refractivity contribution in [1.82, 2.24) is 20.9 Å². The molecular formula is C16H28N4O3. The van der Waals surface area contributed by atoms with Gasteiger partial charge in [-0.3, -0.25) is 9.59 Å². The maximum Gasteiger partial charge on any atom is 0.317 e. The van der Waals surface area contributed by atoms with E-state index < -0.39 is 0 Å². The maximum atomic E-state index is 12.1. The number of carbonyl (C=O) groups is 3. The highest BCUT2D eigenvalue weighted by Crippen LogP contribution is 2.17. The van der Waals surface area contributed by atoms with Crippen LogP contribution in [0.5, 0.6) is 0 Å². The van der Waals surface area contributed by atoms with Crippen molar-refractivity contribution in [2.75, 3.05) is 19.6 Å². The second kappa shape index (κ2) is 8.74. The lowest BCUT2D eigenvalue weighted by Crippen LogP contribution is -2.52. The zero-order valence-corrected chi connectivity index (χ0v) is 13.9. The number of amides is 4. The molecule has 1 unspecified atom stereocenters. The lowest BCUT2D eigenvalue weighted by molar-refractivity contribution is -0.122. The van der Waals surface area contributed by atoms with Crippen LogP contribution >= 0.6 is 0 Å². The number of likely N-dealkylation sites (tertiary alicyclic amines) is 1. The van der Waals surface area contributed by atoms with Gasteiger partial charge in [0, 0.05) is 45.1 Å². The van der Waals surface area contributed by atoms with Crippen LogP contribution in [0.1, 0.15) is 51.9 Å². The Kier molecular flexibility index (Phi) is 6.67. The Labute approximate surface area is 137 Å². The molecule has 0 bridgehead atoms. The summed E-state index contributed by atoms with van der Waals surface area (Å²) >= 11 is 0. The molecule has 7 nitrogen and oxygen atoms in total. The molecule has 2 rings (SSSR count). The molecule has 23 heavy (non-hydrogen) atoms. The summed E-state index contributed by atoms with van der Waals surface area (Å²) in [5.74, 6) is -0.0622. The van der Waals surface area contributed by atoms with Gasteiger partial charge < -0.3 is 20.9 Å². The van der Waals surface area contributed by atoms with Gasteiger partial charge in [0.15, 0.2) is 0 Å². The fourth-order valence-corrected chi connectivity index (χ4v) is 3.33. The van der Waals surface area contributed by atoms with E-state index in [0.29, 0.717) is 32.1 Å². The molecule has 1 heterocycles. The summed E-state index contributed by atoms with van der Waals surface area (Å²) in [7, 11) is 0. The van der Waals surface area contributed by atoms with Crippen LogP contribution in [-0.4, -0.2) is 54.5 Å². The van der Waals surface area contributed by atoms with E-state index in [1.54, 1.807) is 4.90 Å². The third kappa shape index (κ3) is 6.08. The van der Waals surface area contributed by atoms with Gasteiger partial charge in [0.25, 0.3) is 0 Å². The second-order valence-corrected chi connectivity index (χ2v) is 6.52. The maximum absolute atomic E-state index is 12.1. The molecule has 1 saturated carbocycles. The number of piperidine rings is 1. The molecule has 1 saturated heterocycles. The minimum atomic E-state index is -0.159. The first kappa shape index (κ1) is 17.6. The molecule has 2 aliphatic rings. The van der Waals surface area contributed by atoms with E-state index in [1.807, 2.05) is 0 Å². The molecule has 3 N–H and O–H groups in total. The summed E-state index contributed by atoms with van der Waals surface area (Å²) < 4.78 is 0. The van der Waals surface area contributed by atoms with Gasteiger partial charge >= 0.3 is 6.03 Å².